The third-order valence-corrected chi connectivity index (χ3v) is 8.44. The highest BCUT2D eigenvalue weighted by atomic mass is 19.4. The van der Waals surface area contributed by atoms with Gasteiger partial charge in [0.25, 0.3) is 0 Å². The minimum absolute atomic E-state index is 0.189. The number of fused-ring (bicyclic) bond motifs is 3. The number of likely N-dealkylation sites (N-methyl/N-ethyl adjacent to an activating group) is 1. The van der Waals surface area contributed by atoms with Gasteiger partial charge >= 0.3 is 6.18 Å². The first-order valence-electron chi connectivity index (χ1n) is 12.8. The van der Waals surface area contributed by atoms with Crippen LogP contribution in [-0.2, 0) is 16.4 Å². The monoisotopic (exact) mass is 517 g/mol. The van der Waals surface area contributed by atoms with E-state index in [0.717, 1.165) is 66.0 Å². The molecule has 38 heavy (non-hydrogen) atoms. The average molecular weight is 518 g/mol. The molecular weight excluding hydrogens is 491 g/mol. The van der Waals surface area contributed by atoms with E-state index in [9.17, 15) is 18.0 Å². The van der Waals surface area contributed by atoms with Gasteiger partial charge in [0.1, 0.15) is 0 Å². The Bertz CT molecular complexity index is 1570. The van der Waals surface area contributed by atoms with E-state index in [1.54, 1.807) is 0 Å². The van der Waals surface area contributed by atoms with Gasteiger partial charge in [0.2, 0.25) is 5.91 Å². The van der Waals surface area contributed by atoms with Gasteiger partial charge in [0.05, 0.1) is 22.2 Å². The Hall–Kier alpha value is -3.85. The summed E-state index contributed by atoms with van der Waals surface area (Å²) in [5.74, 6) is -0.422. The Morgan fingerprint density at radius 1 is 0.974 bits per heavy atom. The van der Waals surface area contributed by atoms with Crippen LogP contribution in [0.15, 0.2) is 60.7 Å². The number of aromatic nitrogens is 2. The van der Waals surface area contributed by atoms with Crippen molar-refractivity contribution in [3.63, 3.8) is 0 Å². The number of piperazine rings is 1. The molecule has 1 saturated heterocycles. The molecule has 1 unspecified atom stereocenters. The number of halogens is 3. The quantitative estimate of drug-likeness (QED) is 0.383. The zero-order valence-corrected chi connectivity index (χ0v) is 20.8. The zero-order valence-electron chi connectivity index (χ0n) is 20.8. The van der Waals surface area contributed by atoms with Crippen LogP contribution in [0.25, 0.3) is 22.2 Å². The van der Waals surface area contributed by atoms with Crippen LogP contribution in [0.5, 0.6) is 0 Å². The molecule has 9 heteroatoms. The predicted molar refractivity (Wildman–Crippen MR) is 140 cm³/mol. The van der Waals surface area contributed by atoms with Crippen molar-refractivity contribution in [3.8, 4) is 11.3 Å². The molecular formula is C29H26F3N5O. The summed E-state index contributed by atoms with van der Waals surface area (Å²) >= 11 is 0. The molecule has 2 aliphatic heterocycles. The Labute approximate surface area is 217 Å². The molecule has 4 aromatic rings. The molecule has 1 aromatic heterocycles. The Balaban J connectivity index is 1.16. The van der Waals surface area contributed by atoms with Crippen molar-refractivity contribution in [2.24, 2.45) is 0 Å². The third kappa shape index (κ3) is 3.52. The lowest BCUT2D eigenvalue weighted by atomic mass is 9.90. The molecule has 1 aliphatic carbocycles. The summed E-state index contributed by atoms with van der Waals surface area (Å²) in [6, 6.07) is 17.9. The molecule has 1 saturated carbocycles. The number of benzene rings is 3. The molecule has 3 heterocycles. The number of aromatic amines is 1. The maximum atomic E-state index is 13.4. The van der Waals surface area contributed by atoms with Crippen molar-refractivity contribution in [1.29, 1.82) is 0 Å². The lowest BCUT2D eigenvalue weighted by Crippen LogP contribution is -2.44. The predicted octanol–water partition coefficient (Wildman–Crippen LogP) is 5.38. The summed E-state index contributed by atoms with van der Waals surface area (Å²) in [5, 5.41) is 11.4. The Kier molecular flexibility index (Phi) is 4.95. The SMILES string of the molecule is CN1CCN(c2ccc(-c3n[nH]c4cc(C5C[C@@]56C(=O)Nc5ccc(C(F)(F)F)cc56)ccc34)cc2)CC1. The molecule has 2 atom stereocenters. The van der Waals surface area contributed by atoms with Gasteiger partial charge < -0.3 is 15.1 Å². The maximum absolute atomic E-state index is 13.4. The summed E-state index contributed by atoms with van der Waals surface area (Å²) in [5.41, 5.74) is 4.03. The smallest absolute Gasteiger partial charge is 0.369 e. The maximum Gasteiger partial charge on any atom is 0.416 e. The van der Waals surface area contributed by atoms with Crippen LogP contribution in [0.3, 0.4) is 0 Å². The second-order valence-electron chi connectivity index (χ2n) is 10.7. The lowest BCUT2D eigenvalue weighted by Gasteiger charge is -2.34. The summed E-state index contributed by atoms with van der Waals surface area (Å²) in [6.45, 7) is 4.11. The van der Waals surface area contributed by atoms with E-state index >= 15 is 0 Å². The van der Waals surface area contributed by atoms with Crippen LogP contribution < -0.4 is 10.2 Å². The number of hydrogen-bond donors (Lipinski definition) is 2. The number of nitrogens with one attached hydrogen (secondary N) is 2. The molecule has 0 bridgehead atoms. The first-order valence-corrected chi connectivity index (χ1v) is 12.8. The molecule has 2 fully saturated rings. The number of nitrogens with zero attached hydrogens (tertiary/aromatic N) is 3. The average Bonchev–Trinajstić information content (AvgIpc) is 3.43. The molecule has 3 aliphatic rings. The summed E-state index contributed by atoms with van der Waals surface area (Å²) in [4.78, 5) is 17.7. The van der Waals surface area contributed by atoms with Crippen molar-refractivity contribution in [2.75, 3.05) is 43.4 Å². The van der Waals surface area contributed by atoms with E-state index in [1.807, 2.05) is 18.2 Å². The topological polar surface area (TPSA) is 64.3 Å². The van der Waals surface area contributed by atoms with Crippen molar-refractivity contribution < 1.29 is 18.0 Å². The third-order valence-electron chi connectivity index (χ3n) is 8.44. The van der Waals surface area contributed by atoms with Crippen LogP contribution in [0.4, 0.5) is 24.5 Å². The number of amides is 1. The number of H-pyrrole nitrogens is 1. The van der Waals surface area contributed by atoms with E-state index in [-0.39, 0.29) is 11.8 Å². The second kappa shape index (κ2) is 8.07. The van der Waals surface area contributed by atoms with Crippen LogP contribution in [0.1, 0.15) is 29.0 Å². The van der Waals surface area contributed by atoms with Gasteiger partial charge in [-0.2, -0.15) is 18.3 Å². The largest absolute Gasteiger partial charge is 0.416 e. The fraction of sp³-hybridized carbons (Fsp3) is 0.310. The highest BCUT2D eigenvalue weighted by Gasteiger charge is 2.65. The molecule has 6 nitrogen and oxygen atoms in total. The van der Waals surface area contributed by atoms with E-state index in [1.165, 1.54) is 11.8 Å². The summed E-state index contributed by atoms with van der Waals surface area (Å²) in [6.07, 6.45) is -3.98. The van der Waals surface area contributed by atoms with Gasteiger partial charge in [0.15, 0.2) is 0 Å². The minimum atomic E-state index is -4.46. The van der Waals surface area contributed by atoms with Crippen molar-refractivity contribution in [3.05, 3.63) is 77.4 Å². The van der Waals surface area contributed by atoms with Crippen molar-refractivity contribution >= 4 is 28.2 Å². The normalized spacial score (nSPS) is 23.2. The summed E-state index contributed by atoms with van der Waals surface area (Å²) in [7, 11) is 2.14. The van der Waals surface area contributed by atoms with Gasteiger partial charge in [-0.1, -0.05) is 24.3 Å². The van der Waals surface area contributed by atoms with Crippen LogP contribution >= 0.6 is 0 Å². The van der Waals surface area contributed by atoms with Gasteiger partial charge in [-0.3, -0.25) is 9.89 Å². The first kappa shape index (κ1) is 23.3. The van der Waals surface area contributed by atoms with Gasteiger partial charge in [-0.25, -0.2) is 0 Å². The number of carbonyl (C=O) groups excluding carboxylic acids is 1. The zero-order chi connectivity index (χ0) is 26.2. The van der Waals surface area contributed by atoms with Crippen molar-refractivity contribution in [1.82, 2.24) is 15.1 Å². The number of hydrogen-bond acceptors (Lipinski definition) is 4. The summed E-state index contributed by atoms with van der Waals surface area (Å²) < 4.78 is 40.1. The number of carbonyl (C=O) groups is 1. The lowest BCUT2D eigenvalue weighted by molar-refractivity contribution is -0.137. The van der Waals surface area contributed by atoms with E-state index in [2.05, 4.69) is 56.6 Å². The highest BCUT2D eigenvalue weighted by Crippen LogP contribution is 2.65. The molecule has 3 aromatic carbocycles. The van der Waals surface area contributed by atoms with Crippen LogP contribution in [-0.4, -0.2) is 54.2 Å². The number of alkyl halides is 3. The second-order valence-corrected chi connectivity index (χ2v) is 10.7. The Morgan fingerprint density at radius 3 is 2.47 bits per heavy atom. The van der Waals surface area contributed by atoms with Crippen LogP contribution in [0.2, 0.25) is 0 Å². The molecule has 2 N–H and O–H groups in total. The number of anilines is 2. The fourth-order valence-electron chi connectivity index (χ4n) is 6.14. The minimum Gasteiger partial charge on any atom is -0.369 e. The molecule has 1 spiro atoms. The highest BCUT2D eigenvalue weighted by molar-refractivity contribution is 6.10. The molecule has 0 radical (unpaired) electrons. The van der Waals surface area contributed by atoms with Gasteiger partial charge in [-0.15, -0.1) is 0 Å². The van der Waals surface area contributed by atoms with E-state index < -0.39 is 17.2 Å². The standard InChI is InChI=1S/C29H26F3N5O/c1-36-10-12-37(13-11-36)20-6-2-17(3-7-20)26-21-8-4-18(14-25(21)34-35-26)23-16-28(23)22-15-19(29(30,31)32)5-9-24(22)33-27(28)38/h2-9,14-15,23H,10-13,16H2,1H3,(H,33,38)(H,34,35)/t23?,28-/m0/s1. The van der Waals surface area contributed by atoms with Gasteiger partial charge in [0, 0.05) is 54.4 Å². The molecule has 7 rings (SSSR count). The fourth-order valence-corrected chi connectivity index (χ4v) is 6.14. The number of rotatable bonds is 3. The van der Waals surface area contributed by atoms with E-state index in [4.69, 9.17) is 0 Å². The van der Waals surface area contributed by atoms with Crippen LogP contribution in [0, 0.1) is 0 Å². The van der Waals surface area contributed by atoms with Crippen molar-refractivity contribution in [2.45, 2.75) is 23.9 Å². The van der Waals surface area contributed by atoms with E-state index in [0.29, 0.717) is 17.7 Å². The molecule has 194 valence electrons. The first-order chi connectivity index (χ1) is 18.2. The Morgan fingerprint density at radius 2 is 1.74 bits per heavy atom. The van der Waals surface area contributed by atoms with Gasteiger partial charge in [-0.05, 0) is 61.0 Å². The molecule has 1 amide bonds.